The van der Waals surface area contributed by atoms with Gasteiger partial charge in [-0.25, -0.2) is 4.98 Å². The second-order valence-electron chi connectivity index (χ2n) is 8.92. The molecule has 1 aromatic heterocycles. The number of nitrogens with zero attached hydrogens (tertiary/aromatic N) is 3. The minimum Gasteiger partial charge on any atom is -0.333 e. The first-order chi connectivity index (χ1) is 15.9. The van der Waals surface area contributed by atoms with Gasteiger partial charge >= 0.3 is 0 Å². The number of unbranched alkanes of at least 4 members (excludes halogenated alkanes) is 1. The van der Waals surface area contributed by atoms with Gasteiger partial charge in [-0.2, -0.15) is 0 Å². The van der Waals surface area contributed by atoms with Crippen molar-refractivity contribution < 1.29 is 4.79 Å². The van der Waals surface area contributed by atoms with Crippen molar-refractivity contribution in [2.24, 2.45) is 5.92 Å². The summed E-state index contributed by atoms with van der Waals surface area (Å²) in [6.45, 7) is 11.0. The van der Waals surface area contributed by atoms with E-state index in [4.69, 9.17) is 4.98 Å². The van der Waals surface area contributed by atoms with E-state index in [9.17, 15) is 9.59 Å². The fraction of sp³-hybridized carbons (Fsp3) is 0.464. The van der Waals surface area contributed by atoms with Crippen molar-refractivity contribution in [1.82, 2.24) is 14.5 Å². The Labute approximate surface area is 197 Å². The van der Waals surface area contributed by atoms with E-state index in [2.05, 4.69) is 20.8 Å². The molecule has 1 amide bonds. The molecule has 0 bridgehead atoms. The molecule has 0 aliphatic heterocycles. The van der Waals surface area contributed by atoms with Crippen LogP contribution in [0.15, 0.2) is 53.3 Å². The molecule has 33 heavy (non-hydrogen) atoms. The van der Waals surface area contributed by atoms with E-state index < -0.39 is 0 Å². The molecular weight excluding hydrogens is 410 g/mol. The van der Waals surface area contributed by atoms with E-state index in [1.807, 2.05) is 67.3 Å². The lowest BCUT2D eigenvalue weighted by atomic mass is 9.96. The Morgan fingerprint density at radius 2 is 1.82 bits per heavy atom. The van der Waals surface area contributed by atoms with Gasteiger partial charge in [0.05, 0.1) is 22.6 Å². The van der Waals surface area contributed by atoms with Gasteiger partial charge in [0.1, 0.15) is 5.82 Å². The van der Waals surface area contributed by atoms with E-state index in [1.54, 1.807) is 4.57 Å². The summed E-state index contributed by atoms with van der Waals surface area (Å²) in [6.07, 6.45) is 4.69. The van der Waals surface area contributed by atoms with Gasteiger partial charge in [0.2, 0.25) is 5.91 Å². The maximum absolute atomic E-state index is 13.7. The lowest BCUT2D eigenvalue weighted by molar-refractivity contribution is -0.138. The third-order valence-corrected chi connectivity index (χ3v) is 6.40. The normalized spacial score (nSPS) is 13.1. The van der Waals surface area contributed by atoms with Gasteiger partial charge in [-0.3, -0.25) is 14.2 Å². The molecule has 0 saturated carbocycles. The number of carbonyl (C=O) groups is 1. The highest BCUT2D eigenvalue weighted by Gasteiger charge is 2.30. The number of amides is 1. The number of rotatable bonds is 10. The minimum absolute atomic E-state index is 0.00134. The van der Waals surface area contributed by atoms with Gasteiger partial charge < -0.3 is 4.90 Å². The molecule has 0 spiro atoms. The maximum atomic E-state index is 13.7. The van der Waals surface area contributed by atoms with Crippen molar-refractivity contribution >= 4 is 16.8 Å². The summed E-state index contributed by atoms with van der Waals surface area (Å²) in [4.78, 5) is 34.2. The zero-order valence-corrected chi connectivity index (χ0v) is 20.7. The van der Waals surface area contributed by atoms with Crippen molar-refractivity contribution in [2.45, 2.75) is 72.8 Å². The molecule has 0 fully saturated rings. The van der Waals surface area contributed by atoms with Crippen LogP contribution in [0.25, 0.3) is 16.6 Å². The van der Waals surface area contributed by atoms with E-state index in [0.717, 1.165) is 43.4 Å². The third kappa shape index (κ3) is 5.35. The molecule has 2 unspecified atom stereocenters. The van der Waals surface area contributed by atoms with Gasteiger partial charge in [0, 0.05) is 12.5 Å². The first-order valence-corrected chi connectivity index (χ1v) is 12.3. The van der Waals surface area contributed by atoms with Crippen LogP contribution in [-0.4, -0.2) is 26.9 Å². The fourth-order valence-electron chi connectivity index (χ4n) is 4.51. The smallest absolute Gasteiger partial charge is 0.266 e. The summed E-state index contributed by atoms with van der Waals surface area (Å²) in [7, 11) is 0. The second kappa shape index (κ2) is 11.3. The molecule has 0 radical (unpaired) electrons. The Kier molecular flexibility index (Phi) is 8.43. The highest BCUT2D eigenvalue weighted by molar-refractivity contribution is 5.80. The standard InChI is InChI=1S/C28H37N3O2/c1-6-9-14-22(8-3)27(32)30(18-7-2)21(5)26-29-25-17-11-10-16-24(25)28(33)31(26)23-15-12-13-20(4)19-23/h10-13,15-17,19,21-22H,6-9,14,18H2,1-5H3. The van der Waals surface area contributed by atoms with Crippen molar-refractivity contribution in [3.05, 3.63) is 70.3 Å². The maximum Gasteiger partial charge on any atom is 0.266 e. The largest absolute Gasteiger partial charge is 0.333 e. The number of fused-ring (bicyclic) bond motifs is 1. The average molecular weight is 448 g/mol. The van der Waals surface area contributed by atoms with Gasteiger partial charge in [-0.1, -0.05) is 57.9 Å². The van der Waals surface area contributed by atoms with Crippen molar-refractivity contribution in [3.8, 4) is 5.69 Å². The van der Waals surface area contributed by atoms with Crippen molar-refractivity contribution in [2.75, 3.05) is 6.54 Å². The van der Waals surface area contributed by atoms with Gasteiger partial charge in [0.15, 0.2) is 0 Å². The van der Waals surface area contributed by atoms with Crippen LogP contribution in [0, 0.1) is 12.8 Å². The molecule has 176 valence electrons. The summed E-state index contributed by atoms with van der Waals surface area (Å²) < 4.78 is 1.70. The minimum atomic E-state index is -0.328. The van der Waals surface area contributed by atoms with E-state index >= 15 is 0 Å². The van der Waals surface area contributed by atoms with Crippen LogP contribution in [0.2, 0.25) is 0 Å². The molecule has 5 nitrogen and oxygen atoms in total. The van der Waals surface area contributed by atoms with Gasteiger partial charge in [-0.15, -0.1) is 0 Å². The van der Waals surface area contributed by atoms with E-state index in [0.29, 0.717) is 23.3 Å². The Hall–Kier alpha value is -2.95. The predicted octanol–water partition coefficient (Wildman–Crippen LogP) is 6.21. The highest BCUT2D eigenvalue weighted by atomic mass is 16.2. The molecule has 0 saturated heterocycles. The first-order valence-electron chi connectivity index (χ1n) is 12.3. The summed E-state index contributed by atoms with van der Waals surface area (Å²) in [6, 6.07) is 15.0. The number of carbonyl (C=O) groups excluding carboxylic acids is 1. The zero-order valence-electron chi connectivity index (χ0n) is 20.7. The molecule has 1 heterocycles. The lowest BCUT2D eigenvalue weighted by Crippen LogP contribution is -2.41. The van der Waals surface area contributed by atoms with Crippen molar-refractivity contribution in [3.63, 3.8) is 0 Å². The number of para-hydroxylation sites is 1. The van der Waals surface area contributed by atoms with Crippen LogP contribution < -0.4 is 5.56 Å². The molecule has 0 aliphatic rings. The lowest BCUT2D eigenvalue weighted by Gasteiger charge is -2.33. The summed E-state index contributed by atoms with van der Waals surface area (Å²) in [5.74, 6) is 0.772. The molecule has 2 atom stereocenters. The molecule has 2 aromatic carbocycles. The summed E-state index contributed by atoms with van der Waals surface area (Å²) in [5, 5.41) is 0.581. The average Bonchev–Trinajstić information content (AvgIpc) is 2.82. The second-order valence-corrected chi connectivity index (χ2v) is 8.92. The van der Waals surface area contributed by atoms with Crippen LogP contribution in [-0.2, 0) is 4.79 Å². The Morgan fingerprint density at radius 1 is 1.06 bits per heavy atom. The highest BCUT2D eigenvalue weighted by Crippen LogP contribution is 2.27. The van der Waals surface area contributed by atoms with Gasteiger partial charge in [-0.05, 0) is 62.9 Å². The van der Waals surface area contributed by atoms with Crippen LogP contribution >= 0.6 is 0 Å². The zero-order chi connectivity index (χ0) is 24.0. The van der Waals surface area contributed by atoms with Crippen molar-refractivity contribution in [1.29, 1.82) is 0 Å². The van der Waals surface area contributed by atoms with E-state index in [-0.39, 0.29) is 23.4 Å². The topological polar surface area (TPSA) is 55.2 Å². The molecule has 0 N–H and O–H groups in total. The Balaban J connectivity index is 2.18. The SMILES string of the molecule is CCCCC(CC)C(=O)N(CCC)C(C)c1nc2ccccc2c(=O)n1-c1cccc(C)c1. The number of benzene rings is 2. The molecule has 0 aliphatic carbocycles. The summed E-state index contributed by atoms with van der Waals surface area (Å²) >= 11 is 0. The van der Waals surface area contributed by atoms with E-state index in [1.165, 1.54) is 0 Å². The van der Waals surface area contributed by atoms with Crippen LogP contribution in [0.5, 0.6) is 0 Å². The van der Waals surface area contributed by atoms with Gasteiger partial charge in [0.25, 0.3) is 5.56 Å². The first kappa shape index (κ1) is 24.7. The molecule has 5 heteroatoms. The number of hydrogen-bond acceptors (Lipinski definition) is 3. The monoisotopic (exact) mass is 447 g/mol. The summed E-state index contributed by atoms with van der Waals surface area (Å²) in [5.41, 5.74) is 2.41. The quantitative estimate of drug-likeness (QED) is 0.371. The number of aryl methyl sites for hydroxylation is 1. The fourth-order valence-corrected chi connectivity index (χ4v) is 4.51. The molecule has 3 aromatic rings. The third-order valence-electron chi connectivity index (χ3n) is 6.40. The number of hydrogen-bond donors (Lipinski definition) is 0. The molecular formula is C28H37N3O2. The van der Waals surface area contributed by atoms with Crippen LogP contribution in [0.3, 0.4) is 0 Å². The number of aromatic nitrogens is 2. The predicted molar refractivity (Wildman–Crippen MR) is 136 cm³/mol. The van der Waals surface area contributed by atoms with Crippen LogP contribution in [0.1, 0.15) is 77.2 Å². The Morgan fingerprint density at radius 3 is 2.48 bits per heavy atom. The molecule has 3 rings (SSSR count). The van der Waals surface area contributed by atoms with Crippen LogP contribution in [0.4, 0.5) is 0 Å². The Bertz CT molecular complexity index is 1150.